The molecule has 0 spiro atoms. The molecule has 1 saturated heterocycles. The van der Waals surface area contributed by atoms with Crippen LogP contribution in [0.15, 0.2) is 12.7 Å². The topological polar surface area (TPSA) is 140 Å². The third-order valence-corrected chi connectivity index (χ3v) is 4.29. The lowest BCUT2D eigenvalue weighted by molar-refractivity contribution is -0.322. The molecule has 0 saturated carbocycles. The van der Waals surface area contributed by atoms with Gasteiger partial charge < -0.3 is 40.1 Å². The van der Waals surface area contributed by atoms with Crippen LogP contribution in [0.3, 0.4) is 0 Å². The summed E-state index contributed by atoms with van der Waals surface area (Å²) in [5, 5.41) is 59.1. The van der Waals surface area contributed by atoms with Crippen molar-refractivity contribution in [3.05, 3.63) is 12.7 Å². The maximum Gasteiger partial charge on any atom is 0.187 e. The molecule has 24 heavy (non-hydrogen) atoms. The van der Waals surface area contributed by atoms with Crippen LogP contribution in [0.25, 0.3) is 0 Å². The monoisotopic (exact) mass is 350 g/mol. The van der Waals surface area contributed by atoms with Crippen LogP contribution in [0.4, 0.5) is 0 Å². The highest BCUT2D eigenvalue weighted by atomic mass is 16.7. The highest BCUT2D eigenvalue weighted by Gasteiger charge is 2.46. The minimum Gasteiger partial charge on any atom is -0.394 e. The summed E-state index contributed by atoms with van der Waals surface area (Å²) < 4.78 is 10.9. The van der Waals surface area contributed by atoms with Crippen molar-refractivity contribution in [2.75, 3.05) is 6.61 Å². The molecule has 0 amide bonds. The van der Waals surface area contributed by atoms with Gasteiger partial charge in [-0.1, -0.05) is 6.08 Å². The number of aliphatic hydroxyl groups excluding tert-OH is 4. The van der Waals surface area contributed by atoms with Crippen LogP contribution in [0, 0.1) is 0 Å². The molecule has 142 valence electrons. The Bertz CT molecular complexity index is 403. The quantitative estimate of drug-likeness (QED) is 0.296. The number of aliphatic hydroxyl groups is 6. The van der Waals surface area contributed by atoms with Crippen molar-refractivity contribution in [1.29, 1.82) is 0 Å². The Hall–Kier alpha value is -0.580. The first-order valence-corrected chi connectivity index (χ1v) is 7.97. The van der Waals surface area contributed by atoms with E-state index >= 15 is 0 Å². The summed E-state index contributed by atoms with van der Waals surface area (Å²) in [7, 11) is 0. The van der Waals surface area contributed by atoms with Gasteiger partial charge in [-0.15, -0.1) is 6.58 Å². The van der Waals surface area contributed by atoms with E-state index in [4.69, 9.17) is 9.47 Å². The third kappa shape index (κ3) is 5.47. The molecule has 8 heteroatoms. The molecule has 1 fully saturated rings. The summed E-state index contributed by atoms with van der Waals surface area (Å²) in [4.78, 5) is 0. The lowest BCUT2D eigenvalue weighted by atomic mass is 9.91. The molecule has 8 nitrogen and oxygen atoms in total. The van der Waals surface area contributed by atoms with Crippen molar-refractivity contribution in [3.63, 3.8) is 0 Å². The van der Waals surface area contributed by atoms with Crippen molar-refractivity contribution in [2.45, 2.75) is 81.6 Å². The molecule has 0 aliphatic carbocycles. The molecule has 6 N–H and O–H groups in total. The summed E-state index contributed by atoms with van der Waals surface area (Å²) in [5.74, 6) is 0. The Kier molecular flexibility index (Phi) is 7.33. The van der Waals surface area contributed by atoms with Gasteiger partial charge in [0, 0.05) is 0 Å². The highest BCUT2D eigenvalue weighted by Crippen LogP contribution is 2.28. The first-order chi connectivity index (χ1) is 10.9. The largest absolute Gasteiger partial charge is 0.394 e. The van der Waals surface area contributed by atoms with Gasteiger partial charge in [-0.3, -0.25) is 0 Å². The average Bonchev–Trinajstić information content (AvgIpc) is 2.50. The maximum absolute atomic E-state index is 10.3. The Morgan fingerprint density at radius 1 is 1.12 bits per heavy atom. The van der Waals surface area contributed by atoms with Crippen LogP contribution in [-0.4, -0.2) is 85.3 Å². The summed E-state index contributed by atoms with van der Waals surface area (Å²) in [6, 6.07) is 0. The van der Waals surface area contributed by atoms with Gasteiger partial charge in [-0.2, -0.15) is 0 Å². The molecule has 0 aromatic carbocycles. The van der Waals surface area contributed by atoms with Crippen LogP contribution >= 0.6 is 0 Å². The lowest BCUT2D eigenvalue weighted by Gasteiger charge is -2.42. The van der Waals surface area contributed by atoms with E-state index in [0.29, 0.717) is 0 Å². The predicted molar refractivity (Wildman–Crippen MR) is 85.0 cm³/mol. The van der Waals surface area contributed by atoms with Crippen LogP contribution in [0.1, 0.15) is 33.6 Å². The van der Waals surface area contributed by atoms with Crippen molar-refractivity contribution in [3.8, 4) is 0 Å². The van der Waals surface area contributed by atoms with Crippen LogP contribution in [0.2, 0.25) is 0 Å². The zero-order valence-electron chi connectivity index (χ0n) is 14.4. The fourth-order valence-corrected chi connectivity index (χ4v) is 2.45. The summed E-state index contributed by atoms with van der Waals surface area (Å²) in [5.41, 5.74) is -2.47. The lowest BCUT2D eigenvalue weighted by Crippen LogP contribution is -2.60. The Labute approximate surface area is 142 Å². The minimum atomic E-state index is -1.56. The number of hydrogen-bond donors (Lipinski definition) is 6. The van der Waals surface area contributed by atoms with E-state index < -0.39 is 54.6 Å². The van der Waals surface area contributed by atoms with Gasteiger partial charge in [-0.05, 0) is 33.6 Å². The maximum atomic E-state index is 10.3. The van der Waals surface area contributed by atoms with E-state index in [2.05, 4.69) is 6.58 Å². The minimum absolute atomic E-state index is 0.220. The molecule has 0 unspecified atom stereocenters. The van der Waals surface area contributed by atoms with Gasteiger partial charge in [-0.25, -0.2) is 0 Å². The molecule has 7 atom stereocenters. The van der Waals surface area contributed by atoms with E-state index in [1.807, 2.05) is 0 Å². The summed E-state index contributed by atoms with van der Waals surface area (Å²) in [6.45, 7) is 7.54. The normalized spacial score (nSPS) is 35.3. The van der Waals surface area contributed by atoms with Gasteiger partial charge in [0.2, 0.25) is 0 Å². The molecule has 0 bridgehead atoms. The molecular formula is C16H30O8. The second kappa shape index (κ2) is 8.20. The molecule has 1 rings (SSSR count). The number of rotatable bonds is 8. The van der Waals surface area contributed by atoms with E-state index in [1.165, 1.54) is 19.9 Å². The van der Waals surface area contributed by atoms with Gasteiger partial charge in [0.1, 0.15) is 24.4 Å². The van der Waals surface area contributed by atoms with Crippen molar-refractivity contribution in [2.24, 2.45) is 0 Å². The van der Waals surface area contributed by atoms with Gasteiger partial charge in [0.15, 0.2) is 6.29 Å². The van der Waals surface area contributed by atoms with Gasteiger partial charge in [0.05, 0.1) is 23.9 Å². The summed E-state index contributed by atoms with van der Waals surface area (Å²) >= 11 is 0. The van der Waals surface area contributed by atoms with Crippen molar-refractivity contribution < 1.29 is 40.1 Å². The average molecular weight is 350 g/mol. The second-order valence-corrected chi connectivity index (χ2v) is 7.08. The van der Waals surface area contributed by atoms with Crippen LogP contribution in [-0.2, 0) is 9.47 Å². The molecule has 0 aromatic rings. The predicted octanol–water partition coefficient (Wildman–Crippen LogP) is -1.34. The Balaban J connectivity index is 2.83. The highest BCUT2D eigenvalue weighted by molar-refractivity contribution is 4.94. The summed E-state index contributed by atoms with van der Waals surface area (Å²) in [6.07, 6.45) is -6.02. The smallest absolute Gasteiger partial charge is 0.187 e. The van der Waals surface area contributed by atoms with Crippen LogP contribution in [0.5, 0.6) is 0 Å². The molecule has 0 aromatic heterocycles. The molecular weight excluding hydrogens is 320 g/mol. The first-order valence-electron chi connectivity index (χ1n) is 7.97. The standard InChI is InChI=1S/C16H30O8/c1-5-16(4,22)7-6-10(15(2,3)21)24-14-13(20)12(19)11(18)9(8-17)23-14/h5,9-14,17-22H,1,6-8H2,2-4H3/t9-,10-,11-,12+,13-,14+,16+/m1/s1. The second-order valence-electron chi connectivity index (χ2n) is 7.08. The number of ether oxygens (including phenoxy) is 2. The SMILES string of the molecule is C=C[C@](C)(O)CC[C@@H](O[C@@H]1O[C@H](CO)[C@@H](O)[C@H](O)[C@H]1O)C(C)(C)O. The van der Waals surface area contributed by atoms with E-state index in [9.17, 15) is 30.6 Å². The van der Waals surface area contributed by atoms with Crippen LogP contribution < -0.4 is 0 Å². The van der Waals surface area contributed by atoms with E-state index in [0.717, 1.165) is 0 Å². The van der Waals surface area contributed by atoms with Crippen molar-refractivity contribution in [1.82, 2.24) is 0 Å². The van der Waals surface area contributed by atoms with E-state index in [1.54, 1.807) is 6.92 Å². The fourth-order valence-electron chi connectivity index (χ4n) is 2.45. The molecule has 0 radical (unpaired) electrons. The molecule has 1 heterocycles. The molecule has 1 aliphatic rings. The first kappa shape index (κ1) is 21.5. The van der Waals surface area contributed by atoms with Gasteiger partial charge >= 0.3 is 0 Å². The zero-order chi connectivity index (χ0) is 18.7. The zero-order valence-corrected chi connectivity index (χ0v) is 14.4. The Morgan fingerprint density at radius 2 is 1.71 bits per heavy atom. The Morgan fingerprint density at radius 3 is 2.17 bits per heavy atom. The van der Waals surface area contributed by atoms with E-state index in [-0.39, 0.29) is 12.8 Å². The van der Waals surface area contributed by atoms with Gasteiger partial charge in [0.25, 0.3) is 0 Å². The molecule has 1 aliphatic heterocycles. The van der Waals surface area contributed by atoms with Crippen molar-refractivity contribution >= 4 is 0 Å². The third-order valence-electron chi connectivity index (χ3n) is 4.29. The number of hydrogen-bond acceptors (Lipinski definition) is 8. The fraction of sp³-hybridized carbons (Fsp3) is 0.875.